The topological polar surface area (TPSA) is 46.6 Å². The molecule has 20 heavy (non-hydrogen) atoms. The zero-order valence-electron chi connectivity index (χ0n) is 12.0. The van der Waals surface area contributed by atoms with Crippen LogP contribution in [0, 0.1) is 0 Å². The molecule has 0 N–H and O–H groups in total. The third-order valence-electron chi connectivity index (χ3n) is 3.37. The maximum atomic E-state index is 12.7. The van der Waals surface area contributed by atoms with Crippen LogP contribution in [-0.4, -0.2) is 32.9 Å². The molecule has 0 aromatic heterocycles. The number of fused-ring (bicyclic) bond motifs is 1. The van der Waals surface area contributed by atoms with Crippen molar-refractivity contribution in [3.63, 3.8) is 0 Å². The van der Waals surface area contributed by atoms with E-state index < -0.39 is 10.0 Å². The Morgan fingerprint density at radius 3 is 2.40 bits per heavy atom. The van der Waals surface area contributed by atoms with Gasteiger partial charge in [0.1, 0.15) is 5.75 Å². The van der Waals surface area contributed by atoms with Crippen LogP contribution in [-0.2, 0) is 10.0 Å². The first-order valence-electron chi connectivity index (χ1n) is 6.61. The number of benzene rings is 2. The number of hydrogen-bond acceptors (Lipinski definition) is 3. The zero-order valence-corrected chi connectivity index (χ0v) is 12.8. The lowest BCUT2D eigenvalue weighted by Gasteiger charge is -2.19. The van der Waals surface area contributed by atoms with Crippen molar-refractivity contribution in [3.05, 3.63) is 36.4 Å². The summed E-state index contributed by atoms with van der Waals surface area (Å²) >= 11 is 0. The highest BCUT2D eigenvalue weighted by Crippen LogP contribution is 2.28. The molecule has 2 rings (SSSR count). The van der Waals surface area contributed by atoms with Crippen LogP contribution in [0.15, 0.2) is 41.3 Å². The molecule has 0 heterocycles. The standard InChI is InChI=1S/C15H19NO3S/c1-4-16(5-2)20(17,18)15-8-6-7-12-9-10-13(19-3)11-14(12)15/h6-11H,4-5H2,1-3H3. The van der Waals surface area contributed by atoms with E-state index in [1.54, 1.807) is 25.3 Å². The summed E-state index contributed by atoms with van der Waals surface area (Å²) in [7, 11) is -1.90. The molecule has 0 saturated heterocycles. The Morgan fingerprint density at radius 2 is 1.80 bits per heavy atom. The van der Waals surface area contributed by atoms with E-state index in [0.29, 0.717) is 29.1 Å². The van der Waals surface area contributed by atoms with Crippen LogP contribution in [0.2, 0.25) is 0 Å². The fraction of sp³-hybridized carbons (Fsp3) is 0.333. The Morgan fingerprint density at radius 1 is 1.10 bits per heavy atom. The van der Waals surface area contributed by atoms with E-state index in [4.69, 9.17) is 4.74 Å². The summed E-state index contributed by atoms with van der Waals surface area (Å²) in [6.45, 7) is 4.60. The fourth-order valence-corrected chi connectivity index (χ4v) is 3.94. The monoisotopic (exact) mass is 293 g/mol. The lowest BCUT2D eigenvalue weighted by atomic mass is 10.1. The van der Waals surface area contributed by atoms with Crippen molar-refractivity contribution >= 4 is 20.8 Å². The quantitative estimate of drug-likeness (QED) is 0.851. The summed E-state index contributed by atoms with van der Waals surface area (Å²) in [5, 5.41) is 1.58. The predicted octanol–water partition coefficient (Wildman–Crippen LogP) is 2.88. The Balaban J connectivity index is 2.70. The number of ether oxygens (including phenoxy) is 1. The molecular weight excluding hydrogens is 274 g/mol. The normalized spacial score (nSPS) is 12.0. The van der Waals surface area contributed by atoms with E-state index in [2.05, 4.69) is 0 Å². The van der Waals surface area contributed by atoms with Gasteiger partial charge in [0.15, 0.2) is 0 Å². The smallest absolute Gasteiger partial charge is 0.243 e. The molecule has 0 fully saturated rings. The highest BCUT2D eigenvalue weighted by molar-refractivity contribution is 7.89. The van der Waals surface area contributed by atoms with E-state index in [-0.39, 0.29) is 0 Å². The Kier molecular flexibility index (Phi) is 4.30. The van der Waals surface area contributed by atoms with Gasteiger partial charge in [-0.15, -0.1) is 0 Å². The van der Waals surface area contributed by atoms with Crippen LogP contribution in [0.4, 0.5) is 0 Å². The van der Waals surface area contributed by atoms with Gasteiger partial charge in [-0.25, -0.2) is 8.42 Å². The molecule has 0 unspecified atom stereocenters. The van der Waals surface area contributed by atoms with E-state index >= 15 is 0 Å². The molecule has 0 saturated carbocycles. The third kappa shape index (κ3) is 2.51. The highest BCUT2D eigenvalue weighted by Gasteiger charge is 2.23. The minimum absolute atomic E-state index is 0.331. The second-order valence-electron chi connectivity index (χ2n) is 4.43. The highest BCUT2D eigenvalue weighted by atomic mass is 32.2. The zero-order chi connectivity index (χ0) is 14.8. The number of nitrogens with zero attached hydrogens (tertiary/aromatic N) is 1. The Labute approximate surface area is 120 Å². The van der Waals surface area contributed by atoms with Crippen molar-refractivity contribution in [1.29, 1.82) is 0 Å². The maximum Gasteiger partial charge on any atom is 0.243 e. The van der Waals surface area contributed by atoms with Gasteiger partial charge in [-0.3, -0.25) is 0 Å². The molecule has 4 nitrogen and oxygen atoms in total. The van der Waals surface area contributed by atoms with Crippen molar-refractivity contribution in [2.45, 2.75) is 18.7 Å². The number of hydrogen-bond donors (Lipinski definition) is 0. The minimum atomic E-state index is -3.48. The SMILES string of the molecule is CCN(CC)S(=O)(=O)c1cccc2ccc(OC)cc12. The fourth-order valence-electron chi connectivity index (χ4n) is 2.28. The van der Waals surface area contributed by atoms with Crippen LogP contribution in [0.1, 0.15) is 13.8 Å². The molecule has 0 aliphatic carbocycles. The molecule has 5 heteroatoms. The molecule has 0 atom stereocenters. The average molecular weight is 293 g/mol. The van der Waals surface area contributed by atoms with Gasteiger partial charge in [0.2, 0.25) is 10.0 Å². The third-order valence-corrected chi connectivity index (χ3v) is 5.48. The van der Waals surface area contributed by atoms with Gasteiger partial charge in [-0.2, -0.15) is 4.31 Å². The summed E-state index contributed by atoms with van der Waals surface area (Å²) in [6.07, 6.45) is 0. The van der Waals surface area contributed by atoms with Crippen LogP contribution in [0.5, 0.6) is 5.75 Å². The first-order valence-corrected chi connectivity index (χ1v) is 8.05. The average Bonchev–Trinajstić information content (AvgIpc) is 2.46. The van der Waals surface area contributed by atoms with Crippen molar-refractivity contribution in [2.24, 2.45) is 0 Å². The Bertz CT molecular complexity index is 706. The minimum Gasteiger partial charge on any atom is -0.497 e. The molecule has 0 spiro atoms. The molecule has 0 bridgehead atoms. The maximum absolute atomic E-state index is 12.7. The van der Waals surface area contributed by atoms with E-state index in [1.165, 1.54) is 4.31 Å². The van der Waals surface area contributed by atoms with E-state index in [9.17, 15) is 8.42 Å². The lowest BCUT2D eigenvalue weighted by molar-refractivity contribution is 0.415. The van der Waals surface area contributed by atoms with Crippen LogP contribution < -0.4 is 4.74 Å². The summed E-state index contributed by atoms with van der Waals surface area (Å²) in [6, 6.07) is 10.8. The Hall–Kier alpha value is -1.59. The van der Waals surface area contributed by atoms with Crippen LogP contribution in [0.3, 0.4) is 0 Å². The molecule has 0 radical (unpaired) electrons. The second kappa shape index (κ2) is 5.81. The molecular formula is C15H19NO3S. The number of rotatable bonds is 5. The van der Waals surface area contributed by atoms with E-state index in [1.807, 2.05) is 32.0 Å². The first-order chi connectivity index (χ1) is 9.54. The predicted molar refractivity (Wildman–Crippen MR) is 80.6 cm³/mol. The van der Waals surface area contributed by atoms with Gasteiger partial charge in [-0.05, 0) is 23.6 Å². The van der Waals surface area contributed by atoms with E-state index in [0.717, 1.165) is 5.39 Å². The largest absolute Gasteiger partial charge is 0.497 e. The van der Waals surface area contributed by atoms with Crippen LogP contribution in [0.25, 0.3) is 10.8 Å². The summed E-state index contributed by atoms with van der Waals surface area (Å²) < 4.78 is 32.0. The van der Waals surface area contributed by atoms with Gasteiger partial charge in [0, 0.05) is 18.5 Å². The van der Waals surface area contributed by atoms with Crippen molar-refractivity contribution in [1.82, 2.24) is 4.31 Å². The molecule has 2 aromatic carbocycles. The van der Waals surface area contributed by atoms with Crippen LogP contribution >= 0.6 is 0 Å². The molecule has 0 aliphatic heterocycles. The molecule has 108 valence electrons. The summed E-state index contributed by atoms with van der Waals surface area (Å²) in [4.78, 5) is 0.331. The van der Waals surface area contributed by atoms with Crippen molar-refractivity contribution < 1.29 is 13.2 Å². The number of methoxy groups -OCH3 is 1. The first kappa shape index (κ1) is 14.8. The van der Waals surface area contributed by atoms with Crippen molar-refractivity contribution in [2.75, 3.05) is 20.2 Å². The van der Waals surface area contributed by atoms with Crippen molar-refractivity contribution in [3.8, 4) is 5.75 Å². The molecule has 0 aliphatic rings. The summed E-state index contributed by atoms with van der Waals surface area (Å²) in [5.74, 6) is 0.652. The van der Waals surface area contributed by atoms with Gasteiger partial charge >= 0.3 is 0 Å². The summed E-state index contributed by atoms with van der Waals surface area (Å²) in [5.41, 5.74) is 0. The molecule has 0 amide bonds. The van der Waals surface area contributed by atoms with Gasteiger partial charge in [0.25, 0.3) is 0 Å². The van der Waals surface area contributed by atoms with Gasteiger partial charge in [0.05, 0.1) is 12.0 Å². The van der Waals surface area contributed by atoms with Gasteiger partial charge in [-0.1, -0.05) is 32.0 Å². The number of sulfonamides is 1. The molecule has 2 aromatic rings. The second-order valence-corrected chi connectivity index (χ2v) is 6.34. The van der Waals surface area contributed by atoms with Gasteiger partial charge < -0.3 is 4.74 Å². The lowest BCUT2D eigenvalue weighted by Crippen LogP contribution is -2.30.